The van der Waals surface area contributed by atoms with Gasteiger partial charge >= 0.3 is 0 Å². The molecule has 0 saturated heterocycles. The molecule has 0 atom stereocenters. The molecule has 0 fully saturated rings. The van der Waals surface area contributed by atoms with Crippen molar-refractivity contribution in [2.45, 2.75) is 27.3 Å². The molecule has 150 valence electrons. The van der Waals surface area contributed by atoms with E-state index in [2.05, 4.69) is 35.9 Å². The van der Waals surface area contributed by atoms with Gasteiger partial charge in [0.2, 0.25) is 0 Å². The normalized spacial score (nSPS) is 11.6. The van der Waals surface area contributed by atoms with E-state index in [0.29, 0.717) is 20.9 Å². The predicted octanol–water partition coefficient (Wildman–Crippen LogP) is 4.17. The Balaban J connectivity index is 1.62. The van der Waals surface area contributed by atoms with Crippen LogP contribution in [0.5, 0.6) is 0 Å². The van der Waals surface area contributed by atoms with E-state index in [4.69, 9.17) is 0 Å². The molecule has 1 aromatic carbocycles. The molecule has 8 heteroatoms. The van der Waals surface area contributed by atoms with Crippen LogP contribution in [-0.2, 0) is 6.54 Å². The van der Waals surface area contributed by atoms with Crippen molar-refractivity contribution in [3.63, 3.8) is 0 Å². The molecule has 0 radical (unpaired) electrons. The third-order valence-corrected chi connectivity index (χ3v) is 7.17. The van der Waals surface area contributed by atoms with Crippen molar-refractivity contribution >= 4 is 37.9 Å². The van der Waals surface area contributed by atoms with Crippen molar-refractivity contribution < 1.29 is 0 Å². The van der Waals surface area contributed by atoms with E-state index in [9.17, 15) is 9.59 Å². The van der Waals surface area contributed by atoms with Gasteiger partial charge in [0.05, 0.1) is 24.0 Å². The van der Waals surface area contributed by atoms with Crippen LogP contribution in [0.2, 0.25) is 0 Å². The first-order valence-corrected chi connectivity index (χ1v) is 11.2. The lowest BCUT2D eigenvalue weighted by molar-refractivity contribution is 0.728. The summed E-state index contributed by atoms with van der Waals surface area (Å²) in [5, 5.41) is 4.49. The summed E-state index contributed by atoms with van der Waals surface area (Å²) in [6.07, 6.45) is 1.54. The van der Waals surface area contributed by atoms with Crippen LogP contribution < -0.4 is 11.1 Å². The summed E-state index contributed by atoms with van der Waals surface area (Å²) in [6, 6.07) is 7.69. The fourth-order valence-electron chi connectivity index (χ4n) is 3.56. The second-order valence-corrected chi connectivity index (χ2v) is 9.08. The Morgan fingerprint density at radius 1 is 1.00 bits per heavy atom. The van der Waals surface area contributed by atoms with Gasteiger partial charge in [-0.15, -0.1) is 22.7 Å². The van der Waals surface area contributed by atoms with E-state index >= 15 is 0 Å². The molecule has 0 aliphatic heterocycles. The number of rotatable bonds is 3. The minimum atomic E-state index is -0.137. The van der Waals surface area contributed by atoms with Crippen molar-refractivity contribution in [3.05, 3.63) is 84.6 Å². The number of aryl methyl sites for hydroxylation is 3. The number of benzene rings is 1. The maximum Gasteiger partial charge on any atom is 0.263 e. The molecule has 0 aliphatic rings. The molecule has 5 aromatic rings. The Labute approximate surface area is 179 Å². The van der Waals surface area contributed by atoms with Crippen LogP contribution in [0.1, 0.15) is 22.5 Å². The molecule has 0 N–H and O–H groups in total. The lowest BCUT2D eigenvalue weighted by Crippen LogP contribution is -2.23. The zero-order valence-corrected chi connectivity index (χ0v) is 18.3. The van der Waals surface area contributed by atoms with Gasteiger partial charge in [-0.25, -0.2) is 9.97 Å². The number of thiazole rings is 1. The highest BCUT2D eigenvalue weighted by Crippen LogP contribution is 2.31. The molecule has 0 aliphatic carbocycles. The van der Waals surface area contributed by atoms with E-state index in [1.165, 1.54) is 50.8 Å². The highest BCUT2D eigenvalue weighted by molar-refractivity contribution is 7.17. The number of hydrogen-bond acceptors (Lipinski definition) is 6. The van der Waals surface area contributed by atoms with Crippen molar-refractivity contribution in [2.75, 3.05) is 0 Å². The van der Waals surface area contributed by atoms with Crippen LogP contribution >= 0.6 is 22.7 Å². The molecule has 6 nitrogen and oxygen atoms in total. The Morgan fingerprint density at radius 3 is 2.63 bits per heavy atom. The summed E-state index contributed by atoms with van der Waals surface area (Å²) in [7, 11) is 0. The van der Waals surface area contributed by atoms with Gasteiger partial charge in [-0.3, -0.25) is 18.6 Å². The van der Waals surface area contributed by atoms with Crippen LogP contribution in [0.15, 0.2) is 50.9 Å². The summed E-state index contributed by atoms with van der Waals surface area (Å²) in [6.45, 7) is 6.21. The molecule has 0 saturated carbocycles. The number of hydrogen-bond donors (Lipinski definition) is 0. The van der Waals surface area contributed by atoms with Crippen molar-refractivity contribution in [2.24, 2.45) is 0 Å². The minimum Gasteiger partial charge on any atom is -0.293 e. The Kier molecular flexibility index (Phi) is 4.41. The quantitative estimate of drug-likeness (QED) is 0.427. The molecule has 0 spiro atoms. The first-order chi connectivity index (χ1) is 14.4. The van der Waals surface area contributed by atoms with Crippen molar-refractivity contribution in [1.82, 2.24) is 18.9 Å². The van der Waals surface area contributed by atoms with Crippen LogP contribution in [0.3, 0.4) is 0 Å². The third-order valence-electron chi connectivity index (χ3n) is 5.34. The molecule has 30 heavy (non-hydrogen) atoms. The molecule has 4 heterocycles. The number of nitrogens with zero attached hydrogens (tertiary/aromatic N) is 4. The van der Waals surface area contributed by atoms with Crippen LogP contribution in [-0.4, -0.2) is 18.9 Å². The van der Waals surface area contributed by atoms with Gasteiger partial charge in [0.25, 0.3) is 11.1 Å². The highest BCUT2D eigenvalue weighted by Gasteiger charge is 2.15. The average Bonchev–Trinajstić information content (AvgIpc) is 3.31. The van der Waals surface area contributed by atoms with Crippen molar-refractivity contribution in [3.8, 4) is 11.1 Å². The van der Waals surface area contributed by atoms with Crippen molar-refractivity contribution in [1.29, 1.82) is 0 Å². The maximum atomic E-state index is 13.3. The van der Waals surface area contributed by atoms with Gasteiger partial charge in [0, 0.05) is 28.1 Å². The van der Waals surface area contributed by atoms with Gasteiger partial charge < -0.3 is 0 Å². The van der Waals surface area contributed by atoms with Gasteiger partial charge in [-0.05, 0) is 37.5 Å². The monoisotopic (exact) mass is 434 g/mol. The fourth-order valence-corrected chi connectivity index (χ4v) is 5.36. The zero-order valence-electron chi connectivity index (χ0n) is 16.7. The van der Waals surface area contributed by atoms with Crippen LogP contribution in [0, 0.1) is 20.8 Å². The molecular formula is C22H18N4O2S2. The van der Waals surface area contributed by atoms with E-state index < -0.39 is 0 Å². The lowest BCUT2D eigenvalue weighted by atomic mass is 10.0. The summed E-state index contributed by atoms with van der Waals surface area (Å²) >= 11 is 2.88. The molecule has 4 aromatic heterocycles. The van der Waals surface area contributed by atoms with Gasteiger partial charge in [0.15, 0.2) is 4.96 Å². The number of aromatic nitrogens is 4. The summed E-state index contributed by atoms with van der Waals surface area (Å²) in [4.78, 5) is 36.2. The van der Waals surface area contributed by atoms with Crippen LogP contribution in [0.25, 0.3) is 26.3 Å². The first-order valence-electron chi connectivity index (χ1n) is 9.43. The summed E-state index contributed by atoms with van der Waals surface area (Å²) in [5.41, 5.74) is 5.44. The van der Waals surface area contributed by atoms with E-state index in [1.54, 1.807) is 4.40 Å². The highest BCUT2D eigenvalue weighted by atomic mass is 32.1. The maximum absolute atomic E-state index is 13.3. The SMILES string of the molecule is Cc1ccc(-c2csc3ncn(Cc4cc(=O)n5c(C)csc5n4)c(=O)c23)cc1C. The van der Waals surface area contributed by atoms with Gasteiger partial charge in [-0.2, -0.15) is 0 Å². The molecular weight excluding hydrogens is 416 g/mol. The Bertz CT molecular complexity index is 1560. The first kappa shape index (κ1) is 18.9. The lowest BCUT2D eigenvalue weighted by Gasteiger charge is -2.07. The molecule has 0 bridgehead atoms. The third kappa shape index (κ3) is 3.00. The second-order valence-electron chi connectivity index (χ2n) is 7.39. The molecule has 5 rings (SSSR count). The molecule has 0 unspecified atom stereocenters. The fraction of sp³-hybridized carbons (Fsp3) is 0.182. The van der Waals surface area contributed by atoms with E-state index in [0.717, 1.165) is 16.8 Å². The van der Waals surface area contributed by atoms with E-state index in [1.807, 2.05) is 23.8 Å². The van der Waals surface area contributed by atoms with Gasteiger partial charge in [-0.1, -0.05) is 18.2 Å². The minimum absolute atomic E-state index is 0.126. The standard InChI is InChI=1S/C22H18N4O2S2/c1-12-4-5-15(6-13(12)2)17-10-29-20-19(17)21(28)25(11-23-20)8-16-7-18(27)26-14(3)9-30-22(26)24-16/h4-7,9-11H,8H2,1-3H3. The predicted molar refractivity (Wildman–Crippen MR) is 122 cm³/mol. The second kappa shape index (κ2) is 7.00. The number of fused-ring (bicyclic) bond motifs is 2. The number of thiophene rings is 1. The Hall–Kier alpha value is -3.10. The largest absolute Gasteiger partial charge is 0.293 e. The van der Waals surface area contributed by atoms with Crippen LogP contribution in [0.4, 0.5) is 0 Å². The zero-order chi connectivity index (χ0) is 21.0. The smallest absolute Gasteiger partial charge is 0.263 e. The van der Waals surface area contributed by atoms with E-state index in [-0.39, 0.29) is 17.7 Å². The average molecular weight is 435 g/mol. The summed E-state index contributed by atoms with van der Waals surface area (Å²) < 4.78 is 3.10. The molecule has 0 amide bonds. The Morgan fingerprint density at radius 2 is 1.83 bits per heavy atom. The summed E-state index contributed by atoms with van der Waals surface area (Å²) in [5.74, 6) is 0. The van der Waals surface area contributed by atoms with Gasteiger partial charge in [0.1, 0.15) is 4.83 Å². The topological polar surface area (TPSA) is 69.3 Å².